The van der Waals surface area contributed by atoms with Crippen LogP contribution in [0.1, 0.15) is 34.1 Å². The summed E-state index contributed by atoms with van der Waals surface area (Å²) in [6.07, 6.45) is 0.0275. The molecule has 0 saturated carbocycles. The van der Waals surface area contributed by atoms with Crippen molar-refractivity contribution in [3.63, 3.8) is 0 Å². The van der Waals surface area contributed by atoms with Gasteiger partial charge in [0.05, 0.1) is 11.2 Å². The molecule has 0 aliphatic rings. The molecule has 0 aromatic rings. The summed E-state index contributed by atoms with van der Waals surface area (Å²) in [6.45, 7) is 6.98. The number of carbonyl (C=O) groups excluding carboxylic acids is 2. The van der Waals surface area contributed by atoms with Gasteiger partial charge in [0, 0.05) is 18.9 Å². The van der Waals surface area contributed by atoms with Crippen LogP contribution in [-0.4, -0.2) is 51.4 Å². The van der Waals surface area contributed by atoms with Gasteiger partial charge >= 0.3 is 0 Å². The van der Waals surface area contributed by atoms with Crippen molar-refractivity contribution in [2.45, 2.75) is 34.1 Å². The van der Waals surface area contributed by atoms with Crippen LogP contribution in [-0.2, 0) is 19.6 Å². The Kier molecular flexibility index (Phi) is 6.83. The van der Waals surface area contributed by atoms with Gasteiger partial charge in [0.25, 0.3) is 0 Å². The molecule has 0 aliphatic heterocycles. The van der Waals surface area contributed by atoms with Crippen molar-refractivity contribution in [3.05, 3.63) is 0 Å². The Bertz CT molecular complexity index is 453. The Labute approximate surface area is 122 Å². The van der Waals surface area contributed by atoms with Crippen LogP contribution in [0.25, 0.3) is 0 Å². The summed E-state index contributed by atoms with van der Waals surface area (Å²) in [5, 5.41) is 0. The third-order valence-corrected chi connectivity index (χ3v) is 4.15. The lowest BCUT2D eigenvalue weighted by atomic mass is 9.84. The van der Waals surface area contributed by atoms with Crippen LogP contribution in [0.15, 0.2) is 0 Å². The number of sulfonamides is 1. The van der Waals surface area contributed by atoms with Crippen LogP contribution in [0.4, 0.5) is 0 Å². The highest BCUT2D eigenvalue weighted by molar-refractivity contribution is 7.90. The minimum absolute atomic E-state index is 0.0275. The molecule has 1 amide bonds. The molecule has 0 radical (unpaired) electrons. The first kappa shape index (κ1) is 19.1. The van der Waals surface area contributed by atoms with E-state index in [4.69, 9.17) is 0 Å². The number of hydrogen-bond acceptors (Lipinski definition) is 5. The van der Waals surface area contributed by atoms with Crippen LogP contribution < -0.4 is 4.72 Å². The van der Waals surface area contributed by atoms with Gasteiger partial charge in [-0.25, -0.2) is 8.42 Å². The summed E-state index contributed by atoms with van der Waals surface area (Å²) in [6, 6.07) is 0. The maximum Gasteiger partial charge on any atom is 0.239 e. The highest BCUT2D eigenvalue weighted by Crippen LogP contribution is 2.23. The number of ketones is 1. The Morgan fingerprint density at radius 2 is 1.70 bits per heavy atom. The maximum atomic E-state index is 12.0. The Morgan fingerprint density at radius 3 is 2.10 bits per heavy atom. The lowest BCUT2D eigenvalue weighted by molar-refractivity contribution is -0.133. The van der Waals surface area contributed by atoms with Gasteiger partial charge in [-0.3, -0.25) is 14.3 Å². The molecule has 0 heterocycles. The monoisotopic (exact) mass is 306 g/mol. The second-order valence-electron chi connectivity index (χ2n) is 6.24. The zero-order valence-corrected chi connectivity index (χ0v) is 14.0. The van der Waals surface area contributed by atoms with Gasteiger partial charge in [-0.2, -0.15) is 0 Å². The highest BCUT2D eigenvalue weighted by Gasteiger charge is 2.33. The minimum Gasteiger partial charge on any atom is -0.308 e. The Balaban J connectivity index is 4.70. The summed E-state index contributed by atoms with van der Waals surface area (Å²) in [4.78, 5) is 25.5. The van der Waals surface area contributed by atoms with Crippen molar-refractivity contribution in [2.24, 2.45) is 11.3 Å². The number of nitrogens with zero attached hydrogens (tertiary/aromatic N) is 1. The lowest BCUT2D eigenvalue weighted by Gasteiger charge is -2.23. The fourth-order valence-corrected chi connectivity index (χ4v) is 2.62. The van der Waals surface area contributed by atoms with E-state index in [0.29, 0.717) is 6.54 Å². The van der Waals surface area contributed by atoms with Crippen molar-refractivity contribution >= 4 is 21.7 Å². The first-order valence-corrected chi connectivity index (χ1v) is 8.25. The molecular weight excluding hydrogens is 280 g/mol. The molecule has 0 unspecified atom stereocenters. The minimum atomic E-state index is -3.67. The molecule has 0 atom stereocenters. The quantitative estimate of drug-likeness (QED) is 0.711. The molecule has 1 N–H and O–H groups in total. The molecule has 0 bridgehead atoms. The van der Waals surface area contributed by atoms with E-state index in [1.165, 1.54) is 0 Å². The second-order valence-corrected chi connectivity index (χ2v) is 8.08. The third-order valence-electron chi connectivity index (χ3n) is 2.93. The van der Waals surface area contributed by atoms with E-state index in [1.54, 1.807) is 46.7 Å². The van der Waals surface area contributed by atoms with Gasteiger partial charge in [0.2, 0.25) is 15.9 Å². The van der Waals surface area contributed by atoms with Crippen LogP contribution in [0.2, 0.25) is 0 Å². The van der Waals surface area contributed by atoms with Crippen LogP contribution >= 0.6 is 0 Å². The summed E-state index contributed by atoms with van der Waals surface area (Å²) < 4.78 is 25.6. The summed E-state index contributed by atoms with van der Waals surface area (Å²) in [5.74, 6) is -1.02. The van der Waals surface area contributed by atoms with E-state index in [-0.39, 0.29) is 23.9 Å². The highest BCUT2D eigenvalue weighted by atomic mass is 32.2. The Morgan fingerprint density at radius 1 is 1.20 bits per heavy atom. The Hall–Kier alpha value is -0.950. The number of amides is 1. The molecule has 7 heteroatoms. The molecule has 118 valence electrons. The largest absolute Gasteiger partial charge is 0.308 e. The van der Waals surface area contributed by atoms with E-state index < -0.39 is 21.3 Å². The van der Waals surface area contributed by atoms with Gasteiger partial charge in [0.1, 0.15) is 5.78 Å². The summed E-state index contributed by atoms with van der Waals surface area (Å²) in [5.41, 5.74) is -1.04. The smallest absolute Gasteiger partial charge is 0.239 e. The van der Waals surface area contributed by atoms with Crippen molar-refractivity contribution in [1.29, 1.82) is 0 Å². The topological polar surface area (TPSA) is 83.5 Å². The number of carbonyl (C=O) groups is 2. The first-order valence-electron chi connectivity index (χ1n) is 6.60. The number of nitrogens with one attached hydrogen (secondary N) is 1. The average molecular weight is 306 g/mol. The normalized spacial score (nSPS) is 12.8. The van der Waals surface area contributed by atoms with Gasteiger partial charge in [-0.1, -0.05) is 27.7 Å². The first-order chi connectivity index (χ1) is 8.87. The van der Waals surface area contributed by atoms with Gasteiger partial charge < -0.3 is 4.90 Å². The van der Waals surface area contributed by atoms with Crippen molar-refractivity contribution in [3.8, 4) is 0 Å². The van der Waals surface area contributed by atoms with Gasteiger partial charge in [-0.05, 0) is 14.1 Å². The van der Waals surface area contributed by atoms with E-state index in [0.717, 1.165) is 0 Å². The van der Waals surface area contributed by atoms with Crippen LogP contribution in [0.3, 0.4) is 0 Å². The number of rotatable bonds is 8. The van der Waals surface area contributed by atoms with Crippen LogP contribution in [0.5, 0.6) is 0 Å². The SMILES string of the molecule is CC(C)C(=O)CC(C)(C)C(=O)NS(=O)(=O)CCN(C)C. The second kappa shape index (κ2) is 7.17. The molecule has 0 aromatic carbocycles. The molecule has 0 aromatic heterocycles. The van der Waals surface area contributed by atoms with Crippen molar-refractivity contribution in [1.82, 2.24) is 9.62 Å². The van der Waals surface area contributed by atoms with E-state index in [1.807, 2.05) is 0 Å². The van der Waals surface area contributed by atoms with Crippen molar-refractivity contribution in [2.75, 3.05) is 26.4 Å². The van der Waals surface area contributed by atoms with E-state index >= 15 is 0 Å². The number of Topliss-reactive ketones (excluding diaryl/α,β-unsaturated/α-hetero) is 1. The molecule has 0 fully saturated rings. The summed E-state index contributed by atoms with van der Waals surface area (Å²) in [7, 11) is -0.162. The zero-order chi connectivity index (χ0) is 16.1. The van der Waals surface area contributed by atoms with E-state index in [9.17, 15) is 18.0 Å². The molecule has 0 saturated heterocycles. The van der Waals surface area contributed by atoms with E-state index in [2.05, 4.69) is 4.72 Å². The van der Waals surface area contributed by atoms with Crippen molar-refractivity contribution < 1.29 is 18.0 Å². The molecule has 0 spiro atoms. The predicted molar refractivity (Wildman–Crippen MR) is 78.7 cm³/mol. The zero-order valence-electron chi connectivity index (χ0n) is 13.2. The predicted octanol–water partition coefficient (Wildman–Crippen LogP) is 0.635. The number of hydrogen-bond donors (Lipinski definition) is 1. The molecule has 0 aliphatic carbocycles. The fraction of sp³-hybridized carbons (Fsp3) is 0.846. The molecule has 6 nitrogen and oxygen atoms in total. The summed E-state index contributed by atoms with van der Waals surface area (Å²) >= 11 is 0. The molecular formula is C13H26N2O4S. The maximum absolute atomic E-state index is 12.0. The van der Waals surface area contributed by atoms with Gasteiger partial charge in [-0.15, -0.1) is 0 Å². The van der Waals surface area contributed by atoms with Gasteiger partial charge in [0.15, 0.2) is 0 Å². The average Bonchev–Trinajstić information content (AvgIpc) is 2.25. The van der Waals surface area contributed by atoms with Crippen LogP contribution in [0, 0.1) is 11.3 Å². The molecule has 20 heavy (non-hydrogen) atoms. The lowest BCUT2D eigenvalue weighted by Crippen LogP contribution is -2.43. The fourth-order valence-electron chi connectivity index (χ4n) is 1.35. The standard InChI is InChI=1S/C13H26N2O4S/c1-10(2)11(16)9-13(3,4)12(17)14-20(18,19)8-7-15(5)6/h10H,7-9H2,1-6H3,(H,14,17). The molecule has 0 rings (SSSR count). The third kappa shape index (κ3) is 7.00.